The van der Waals surface area contributed by atoms with Crippen LogP contribution in [0.4, 0.5) is 0 Å². The average molecular weight is 278 g/mol. The fraction of sp³-hybridized carbons (Fsp3) is 0.625. The van der Waals surface area contributed by atoms with Crippen LogP contribution in [0.25, 0.3) is 0 Å². The van der Waals surface area contributed by atoms with E-state index in [1.165, 1.54) is 19.3 Å². The molecule has 0 saturated heterocycles. The maximum Gasteiger partial charge on any atom is 0.161 e. The van der Waals surface area contributed by atoms with Crippen LogP contribution in [-0.4, -0.2) is 43.8 Å². The number of ether oxygens (including phenoxy) is 2. The van der Waals surface area contributed by atoms with Gasteiger partial charge in [0.25, 0.3) is 0 Å². The van der Waals surface area contributed by atoms with E-state index in [0.29, 0.717) is 25.8 Å². The highest BCUT2D eigenvalue weighted by Gasteiger charge is 2.24. The predicted molar refractivity (Wildman–Crippen MR) is 81.4 cm³/mol. The van der Waals surface area contributed by atoms with Crippen LogP contribution in [0, 0.1) is 0 Å². The van der Waals surface area contributed by atoms with Crippen LogP contribution >= 0.6 is 0 Å². The minimum Gasteiger partial charge on any atom is -0.490 e. The van der Waals surface area contributed by atoms with Crippen molar-refractivity contribution in [1.82, 2.24) is 4.90 Å². The van der Waals surface area contributed by atoms with Crippen LogP contribution < -0.4 is 15.2 Å². The van der Waals surface area contributed by atoms with Gasteiger partial charge in [0.1, 0.15) is 6.61 Å². The number of hydrogen-bond donors (Lipinski definition) is 1. The molecule has 1 aliphatic carbocycles. The van der Waals surface area contributed by atoms with Crippen LogP contribution in [0.5, 0.6) is 11.5 Å². The Morgan fingerprint density at radius 3 is 2.40 bits per heavy atom. The zero-order valence-electron chi connectivity index (χ0n) is 12.4. The Balaban J connectivity index is 1.81. The van der Waals surface area contributed by atoms with E-state index in [9.17, 15) is 0 Å². The molecule has 1 fully saturated rings. The maximum absolute atomic E-state index is 5.88. The quantitative estimate of drug-likeness (QED) is 0.753. The molecule has 0 unspecified atom stereocenters. The number of rotatable bonds is 9. The van der Waals surface area contributed by atoms with Gasteiger partial charge in [0.15, 0.2) is 11.5 Å². The molecule has 20 heavy (non-hydrogen) atoms. The molecule has 1 aromatic rings. The Hall–Kier alpha value is -1.26. The van der Waals surface area contributed by atoms with Gasteiger partial charge in [-0.25, -0.2) is 0 Å². The van der Waals surface area contributed by atoms with Gasteiger partial charge in [-0.2, -0.15) is 0 Å². The van der Waals surface area contributed by atoms with Crippen molar-refractivity contribution in [3.63, 3.8) is 0 Å². The lowest BCUT2D eigenvalue weighted by atomic mass is 9.91. The molecule has 0 amide bonds. The first-order chi connectivity index (χ1) is 9.85. The Kier molecular flexibility index (Phi) is 6.15. The third-order valence-electron chi connectivity index (χ3n) is 3.79. The first-order valence-electron chi connectivity index (χ1n) is 7.64. The van der Waals surface area contributed by atoms with E-state index in [0.717, 1.165) is 24.6 Å². The Bertz CT molecular complexity index is 394. The van der Waals surface area contributed by atoms with E-state index in [2.05, 4.69) is 4.90 Å². The summed E-state index contributed by atoms with van der Waals surface area (Å²) in [5, 5.41) is 0. The van der Waals surface area contributed by atoms with Gasteiger partial charge in [0.2, 0.25) is 0 Å². The van der Waals surface area contributed by atoms with Crippen molar-refractivity contribution >= 4 is 0 Å². The summed E-state index contributed by atoms with van der Waals surface area (Å²) in [6.07, 6.45) is 3.95. The van der Waals surface area contributed by atoms with Crippen molar-refractivity contribution in [3.05, 3.63) is 24.3 Å². The molecule has 112 valence electrons. The lowest BCUT2D eigenvalue weighted by Crippen LogP contribution is -2.44. The Morgan fingerprint density at radius 1 is 1.15 bits per heavy atom. The van der Waals surface area contributed by atoms with Gasteiger partial charge < -0.3 is 15.2 Å². The third kappa shape index (κ3) is 4.12. The number of nitrogens with zero attached hydrogens (tertiary/aromatic N) is 1. The summed E-state index contributed by atoms with van der Waals surface area (Å²) in [5.74, 6) is 1.65. The van der Waals surface area contributed by atoms with E-state index in [1.54, 1.807) is 0 Å². The van der Waals surface area contributed by atoms with E-state index in [4.69, 9.17) is 15.2 Å². The van der Waals surface area contributed by atoms with Gasteiger partial charge in [-0.05, 0) is 31.9 Å². The molecule has 1 aromatic carbocycles. The highest BCUT2D eigenvalue weighted by atomic mass is 16.5. The maximum atomic E-state index is 5.88. The standard InChI is InChI=1S/C16H26N2O2/c1-2-19-15-8-3-4-9-16(15)20-13-12-18(11-10-17)14-6-5-7-14/h3-4,8-9,14H,2,5-7,10-13,17H2,1H3. The van der Waals surface area contributed by atoms with E-state index in [1.807, 2.05) is 31.2 Å². The highest BCUT2D eigenvalue weighted by Crippen LogP contribution is 2.27. The monoisotopic (exact) mass is 278 g/mol. The summed E-state index contributed by atoms with van der Waals surface area (Å²) in [5.41, 5.74) is 5.69. The minimum absolute atomic E-state index is 0.655. The Morgan fingerprint density at radius 2 is 1.85 bits per heavy atom. The smallest absolute Gasteiger partial charge is 0.161 e. The van der Waals surface area contributed by atoms with Crippen molar-refractivity contribution in [3.8, 4) is 11.5 Å². The van der Waals surface area contributed by atoms with E-state index < -0.39 is 0 Å². The molecular formula is C16H26N2O2. The van der Waals surface area contributed by atoms with Crippen LogP contribution in [-0.2, 0) is 0 Å². The number of benzene rings is 1. The fourth-order valence-corrected chi connectivity index (χ4v) is 2.51. The molecule has 2 rings (SSSR count). The van der Waals surface area contributed by atoms with Gasteiger partial charge in [0, 0.05) is 25.7 Å². The van der Waals surface area contributed by atoms with Crippen molar-refractivity contribution in [2.24, 2.45) is 5.73 Å². The lowest BCUT2D eigenvalue weighted by Gasteiger charge is -2.37. The van der Waals surface area contributed by atoms with Gasteiger partial charge >= 0.3 is 0 Å². The molecule has 1 saturated carbocycles. The molecule has 2 N–H and O–H groups in total. The van der Waals surface area contributed by atoms with Crippen molar-refractivity contribution < 1.29 is 9.47 Å². The molecule has 1 aliphatic rings. The fourth-order valence-electron chi connectivity index (χ4n) is 2.51. The van der Waals surface area contributed by atoms with Gasteiger partial charge in [-0.3, -0.25) is 4.90 Å². The molecule has 4 nitrogen and oxygen atoms in total. The minimum atomic E-state index is 0.655. The second-order valence-electron chi connectivity index (χ2n) is 5.14. The summed E-state index contributed by atoms with van der Waals surface area (Å²) >= 11 is 0. The first-order valence-corrected chi connectivity index (χ1v) is 7.64. The normalized spacial score (nSPS) is 15.2. The largest absolute Gasteiger partial charge is 0.490 e. The summed E-state index contributed by atoms with van der Waals surface area (Å²) in [7, 11) is 0. The number of nitrogens with two attached hydrogens (primary N) is 1. The average Bonchev–Trinajstić information content (AvgIpc) is 2.39. The van der Waals surface area contributed by atoms with Crippen LogP contribution in [0.1, 0.15) is 26.2 Å². The van der Waals surface area contributed by atoms with Crippen LogP contribution in [0.3, 0.4) is 0 Å². The van der Waals surface area contributed by atoms with E-state index in [-0.39, 0.29) is 0 Å². The lowest BCUT2D eigenvalue weighted by molar-refractivity contribution is 0.109. The molecule has 0 atom stereocenters. The van der Waals surface area contributed by atoms with Crippen LogP contribution in [0.15, 0.2) is 24.3 Å². The van der Waals surface area contributed by atoms with E-state index >= 15 is 0 Å². The number of hydrogen-bond acceptors (Lipinski definition) is 4. The topological polar surface area (TPSA) is 47.7 Å². The number of para-hydroxylation sites is 2. The predicted octanol–water partition coefficient (Wildman–Crippen LogP) is 2.28. The van der Waals surface area contributed by atoms with Gasteiger partial charge in [0.05, 0.1) is 6.61 Å². The van der Waals surface area contributed by atoms with Gasteiger partial charge in [-0.15, -0.1) is 0 Å². The second-order valence-corrected chi connectivity index (χ2v) is 5.14. The summed E-state index contributed by atoms with van der Waals surface area (Å²) in [6, 6.07) is 8.56. The molecule has 0 spiro atoms. The zero-order valence-corrected chi connectivity index (χ0v) is 12.4. The first kappa shape index (κ1) is 15.1. The summed E-state index contributed by atoms with van der Waals surface area (Å²) in [6.45, 7) is 5.92. The molecule has 0 heterocycles. The van der Waals surface area contributed by atoms with Crippen molar-refractivity contribution in [1.29, 1.82) is 0 Å². The molecule has 0 radical (unpaired) electrons. The Labute approximate surface area is 121 Å². The summed E-state index contributed by atoms with van der Waals surface area (Å²) in [4.78, 5) is 2.45. The third-order valence-corrected chi connectivity index (χ3v) is 3.79. The molecule has 0 aliphatic heterocycles. The zero-order chi connectivity index (χ0) is 14.2. The molecular weight excluding hydrogens is 252 g/mol. The summed E-state index contributed by atoms with van der Waals surface area (Å²) < 4.78 is 11.4. The van der Waals surface area contributed by atoms with Crippen molar-refractivity contribution in [2.75, 3.05) is 32.8 Å². The second kappa shape index (κ2) is 8.12. The molecule has 0 bridgehead atoms. The molecule has 0 aromatic heterocycles. The highest BCUT2D eigenvalue weighted by molar-refractivity contribution is 5.39. The van der Waals surface area contributed by atoms with Crippen molar-refractivity contribution in [2.45, 2.75) is 32.2 Å². The van der Waals surface area contributed by atoms with Gasteiger partial charge in [-0.1, -0.05) is 18.6 Å². The molecule has 4 heteroatoms. The SMILES string of the molecule is CCOc1ccccc1OCCN(CCN)C1CCC1. The van der Waals surface area contributed by atoms with Crippen LogP contribution in [0.2, 0.25) is 0 Å².